The molecule has 7 nitrogen and oxygen atoms in total. The highest BCUT2D eigenvalue weighted by Gasteiger charge is 2.66. The standard InChI is InChI=1S/C27H32N2O5/c1-29-11-10-27-17-8-9-18(28-19(26(31)32)12-15-6-4-3-5-7-15)25(27)34-24-21(30)14-22(33-2)16(23(24)27)13-20(17)29/h3-7,14,17-20,25,28,30H,8-13H2,1-2H3,(H,31,32)/t17-,18-,19-,20+,25-,27-/m0/s1. The molecule has 7 heteroatoms. The number of methoxy groups -OCH3 is 1. The molecule has 34 heavy (non-hydrogen) atoms. The average Bonchev–Trinajstić information content (AvgIpc) is 3.19. The number of phenolic OH excluding ortho intramolecular Hbond substituents is 1. The van der Waals surface area contributed by atoms with Gasteiger partial charge in [-0.3, -0.25) is 10.1 Å². The third-order valence-electron chi connectivity index (χ3n) is 8.90. The average molecular weight is 465 g/mol. The molecule has 3 N–H and O–H groups in total. The van der Waals surface area contributed by atoms with Crippen molar-refractivity contribution in [1.29, 1.82) is 0 Å². The Kier molecular flexibility index (Phi) is 5.04. The number of piperidine rings is 1. The van der Waals surface area contributed by atoms with Crippen molar-refractivity contribution in [3.8, 4) is 17.2 Å². The number of phenols is 1. The van der Waals surface area contributed by atoms with Gasteiger partial charge in [0.05, 0.1) is 7.11 Å². The van der Waals surface area contributed by atoms with Gasteiger partial charge in [-0.2, -0.15) is 0 Å². The van der Waals surface area contributed by atoms with E-state index in [1.54, 1.807) is 13.2 Å². The van der Waals surface area contributed by atoms with Gasteiger partial charge in [0.15, 0.2) is 11.5 Å². The molecule has 180 valence electrons. The third kappa shape index (κ3) is 2.99. The van der Waals surface area contributed by atoms with Gasteiger partial charge in [-0.15, -0.1) is 0 Å². The highest BCUT2D eigenvalue weighted by molar-refractivity contribution is 5.74. The van der Waals surface area contributed by atoms with E-state index < -0.39 is 12.0 Å². The summed E-state index contributed by atoms with van der Waals surface area (Å²) in [5.41, 5.74) is 3.01. The fourth-order valence-electron chi connectivity index (χ4n) is 7.47. The minimum absolute atomic E-state index is 0.117. The second-order valence-electron chi connectivity index (χ2n) is 10.4. The van der Waals surface area contributed by atoms with Gasteiger partial charge in [-0.05, 0) is 57.2 Å². The summed E-state index contributed by atoms with van der Waals surface area (Å²) < 4.78 is 12.3. The second kappa shape index (κ2) is 7.89. The van der Waals surface area contributed by atoms with Crippen LogP contribution in [0.4, 0.5) is 0 Å². The molecule has 2 aromatic rings. The number of ether oxygens (including phenoxy) is 2. The summed E-state index contributed by atoms with van der Waals surface area (Å²) in [6, 6.07) is 11.0. The van der Waals surface area contributed by atoms with Gasteiger partial charge >= 0.3 is 5.97 Å². The number of aliphatic carboxylic acids is 1. The van der Waals surface area contributed by atoms with Crippen LogP contribution in [0.15, 0.2) is 36.4 Å². The van der Waals surface area contributed by atoms with Crippen LogP contribution in [0.2, 0.25) is 0 Å². The van der Waals surface area contributed by atoms with Gasteiger partial charge < -0.3 is 24.6 Å². The summed E-state index contributed by atoms with van der Waals surface area (Å²) >= 11 is 0. The molecule has 1 saturated carbocycles. The monoisotopic (exact) mass is 464 g/mol. The molecule has 6 atom stereocenters. The molecule has 2 aliphatic carbocycles. The molecule has 0 unspecified atom stereocenters. The maximum absolute atomic E-state index is 12.2. The van der Waals surface area contributed by atoms with Crippen LogP contribution < -0.4 is 14.8 Å². The second-order valence-corrected chi connectivity index (χ2v) is 10.4. The van der Waals surface area contributed by atoms with Crippen molar-refractivity contribution >= 4 is 5.97 Å². The molecule has 6 rings (SSSR count). The predicted molar refractivity (Wildman–Crippen MR) is 127 cm³/mol. The predicted octanol–water partition coefficient (Wildman–Crippen LogP) is 2.72. The van der Waals surface area contributed by atoms with E-state index >= 15 is 0 Å². The van der Waals surface area contributed by atoms with E-state index in [2.05, 4.69) is 17.3 Å². The summed E-state index contributed by atoms with van der Waals surface area (Å²) in [6.45, 7) is 0.955. The topological polar surface area (TPSA) is 91.3 Å². The first-order valence-electron chi connectivity index (χ1n) is 12.3. The van der Waals surface area contributed by atoms with E-state index in [-0.39, 0.29) is 23.3 Å². The zero-order chi connectivity index (χ0) is 23.6. The maximum Gasteiger partial charge on any atom is 0.321 e. The van der Waals surface area contributed by atoms with E-state index in [4.69, 9.17) is 9.47 Å². The van der Waals surface area contributed by atoms with Crippen molar-refractivity contribution < 1.29 is 24.5 Å². The number of benzene rings is 2. The zero-order valence-corrected chi connectivity index (χ0v) is 19.7. The van der Waals surface area contributed by atoms with Crippen molar-refractivity contribution in [2.75, 3.05) is 20.7 Å². The van der Waals surface area contributed by atoms with Gasteiger partial charge in [0.25, 0.3) is 0 Å². The number of carbonyl (C=O) groups is 1. The molecule has 2 aliphatic heterocycles. The van der Waals surface area contributed by atoms with Crippen LogP contribution in [0.25, 0.3) is 0 Å². The molecule has 4 aliphatic rings. The fraction of sp³-hybridized carbons (Fsp3) is 0.519. The summed E-state index contributed by atoms with van der Waals surface area (Å²) in [4.78, 5) is 14.7. The first-order chi connectivity index (χ1) is 16.4. The number of nitrogens with zero attached hydrogens (tertiary/aromatic N) is 1. The molecule has 2 bridgehead atoms. The Morgan fingerprint density at radius 1 is 1.32 bits per heavy atom. The van der Waals surface area contributed by atoms with Crippen LogP contribution in [0.5, 0.6) is 17.2 Å². The number of likely N-dealkylation sites (tertiary alicyclic amines) is 1. The van der Waals surface area contributed by atoms with Crippen molar-refractivity contribution in [3.63, 3.8) is 0 Å². The van der Waals surface area contributed by atoms with Gasteiger partial charge in [0.1, 0.15) is 17.9 Å². The molecule has 0 amide bonds. The Labute approximate surface area is 199 Å². The van der Waals surface area contributed by atoms with E-state index in [1.807, 2.05) is 30.3 Å². The SMILES string of the molecule is COc1cc(O)c2c3c1C[C@@H]1[C@@H]4CC[C@H](N[C@@H](Cc5ccccc5)C(=O)O)[C@H](O2)[C@]34CCN1C. The van der Waals surface area contributed by atoms with Gasteiger partial charge in [0, 0.05) is 34.7 Å². The minimum atomic E-state index is -0.853. The minimum Gasteiger partial charge on any atom is -0.504 e. The van der Waals surface area contributed by atoms with Crippen molar-refractivity contribution in [2.45, 2.75) is 61.7 Å². The highest BCUT2D eigenvalue weighted by atomic mass is 16.5. The van der Waals surface area contributed by atoms with Crippen molar-refractivity contribution in [1.82, 2.24) is 10.2 Å². The quantitative estimate of drug-likeness (QED) is 0.606. The van der Waals surface area contributed by atoms with Gasteiger partial charge in [-0.1, -0.05) is 30.3 Å². The Hall–Kier alpha value is -2.77. The van der Waals surface area contributed by atoms with E-state index in [1.165, 1.54) is 0 Å². The number of aromatic hydroxyl groups is 1. The van der Waals surface area contributed by atoms with E-state index in [0.29, 0.717) is 24.1 Å². The number of likely N-dealkylation sites (N-methyl/N-ethyl adjacent to an activating group) is 1. The number of hydrogen-bond acceptors (Lipinski definition) is 6. The van der Waals surface area contributed by atoms with Crippen LogP contribution in [0.3, 0.4) is 0 Å². The fourth-order valence-corrected chi connectivity index (χ4v) is 7.47. The lowest BCUT2D eigenvalue weighted by Crippen LogP contribution is -2.69. The number of carboxylic acid groups (broad SMARTS) is 1. The van der Waals surface area contributed by atoms with Crippen molar-refractivity contribution in [3.05, 3.63) is 53.1 Å². The molecule has 0 radical (unpaired) electrons. The Morgan fingerprint density at radius 2 is 2.12 bits per heavy atom. The Morgan fingerprint density at radius 3 is 2.85 bits per heavy atom. The molecule has 2 aromatic carbocycles. The smallest absolute Gasteiger partial charge is 0.321 e. The summed E-state index contributed by atoms with van der Waals surface area (Å²) in [6.07, 6.45) is 3.86. The molecule has 1 saturated heterocycles. The van der Waals surface area contributed by atoms with Crippen LogP contribution in [0.1, 0.15) is 36.0 Å². The molecule has 2 fully saturated rings. The van der Waals surface area contributed by atoms with Crippen molar-refractivity contribution in [2.24, 2.45) is 5.92 Å². The lowest BCUT2D eigenvalue weighted by atomic mass is 9.51. The number of nitrogens with one attached hydrogen (secondary N) is 1. The van der Waals surface area contributed by atoms with E-state index in [9.17, 15) is 15.0 Å². The summed E-state index contributed by atoms with van der Waals surface area (Å²) in [5.74, 6) is 0.980. The van der Waals surface area contributed by atoms with Gasteiger partial charge in [0.2, 0.25) is 0 Å². The first kappa shape index (κ1) is 21.7. The lowest BCUT2D eigenvalue weighted by Gasteiger charge is -2.59. The normalized spacial score (nSPS) is 31.9. The first-order valence-corrected chi connectivity index (χ1v) is 12.3. The van der Waals surface area contributed by atoms with Gasteiger partial charge in [-0.25, -0.2) is 0 Å². The number of rotatable bonds is 6. The maximum atomic E-state index is 12.2. The molecular formula is C27H32N2O5. The Balaban J connectivity index is 1.40. The largest absolute Gasteiger partial charge is 0.504 e. The lowest BCUT2D eigenvalue weighted by molar-refractivity contribution is -0.140. The zero-order valence-electron chi connectivity index (χ0n) is 19.7. The molecule has 2 heterocycles. The highest BCUT2D eigenvalue weighted by Crippen LogP contribution is 2.65. The third-order valence-corrected chi connectivity index (χ3v) is 8.90. The molecular weight excluding hydrogens is 432 g/mol. The van der Waals surface area contributed by atoms with Crippen LogP contribution in [-0.4, -0.2) is 66.0 Å². The number of carboxylic acids is 1. The van der Waals surface area contributed by atoms with Crippen LogP contribution in [-0.2, 0) is 23.1 Å². The molecule has 0 aromatic heterocycles. The van der Waals surface area contributed by atoms with E-state index in [0.717, 1.165) is 54.7 Å². The summed E-state index contributed by atoms with van der Waals surface area (Å²) in [5, 5.41) is 24.4. The van der Waals surface area contributed by atoms with Crippen LogP contribution in [0, 0.1) is 5.92 Å². The number of hydrogen-bond donors (Lipinski definition) is 3. The summed E-state index contributed by atoms with van der Waals surface area (Å²) in [7, 11) is 3.85. The molecule has 1 spiro atoms. The van der Waals surface area contributed by atoms with Crippen LogP contribution >= 0.6 is 0 Å². The Bertz CT molecular complexity index is 1120.